The molecular formula is C37H65N3O7S2. The molecule has 282 valence electrons. The molecule has 0 aromatic heterocycles. The van der Waals surface area contributed by atoms with Crippen LogP contribution in [0.25, 0.3) is 0 Å². The fraction of sp³-hybridized carbons (Fsp3) is 0.676. The molecule has 12 heteroatoms. The third kappa shape index (κ3) is 33.7. The fourth-order valence-corrected chi connectivity index (χ4v) is 5.40. The van der Waals surface area contributed by atoms with Crippen molar-refractivity contribution in [2.45, 2.75) is 134 Å². The number of hydrogen-bond donors (Lipinski definition) is 6. The van der Waals surface area contributed by atoms with E-state index in [1.54, 1.807) is 23.5 Å². The second kappa shape index (κ2) is 35.3. The number of carbonyl (C=O) groups is 4. The van der Waals surface area contributed by atoms with E-state index in [4.69, 9.17) is 26.8 Å². The summed E-state index contributed by atoms with van der Waals surface area (Å²) in [5.74, 6) is -1.39. The summed E-state index contributed by atoms with van der Waals surface area (Å²) < 4.78 is 0. The average molecular weight is 728 g/mol. The number of hydrogen-bond acceptors (Lipinski definition) is 8. The Balaban J connectivity index is 0. The van der Waals surface area contributed by atoms with Crippen molar-refractivity contribution in [3.63, 3.8) is 0 Å². The van der Waals surface area contributed by atoms with E-state index < -0.39 is 36.0 Å². The highest BCUT2D eigenvalue weighted by atomic mass is 32.2. The van der Waals surface area contributed by atoms with Crippen LogP contribution in [0.15, 0.2) is 42.5 Å². The lowest BCUT2D eigenvalue weighted by Crippen LogP contribution is -2.41. The molecule has 3 unspecified atom stereocenters. The Morgan fingerprint density at radius 2 is 1.18 bits per heavy atom. The maximum atomic E-state index is 11.9. The highest BCUT2D eigenvalue weighted by Crippen LogP contribution is 2.10. The summed E-state index contributed by atoms with van der Waals surface area (Å²) in [6.07, 6.45) is 26.3. The molecule has 3 atom stereocenters. The first-order chi connectivity index (χ1) is 23.5. The Hall–Kier alpha value is -2.54. The molecule has 0 aliphatic rings. The molecule has 1 aromatic carbocycles. The van der Waals surface area contributed by atoms with Crippen LogP contribution in [-0.2, 0) is 25.6 Å². The summed E-state index contributed by atoms with van der Waals surface area (Å²) in [5, 5.41) is 28.6. The van der Waals surface area contributed by atoms with Crippen molar-refractivity contribution in [1.82, 2.24) is 5.32 Å². The van der Waals surface area contributed by atoms with Crippen molar-refractivity contribution in [2.75, 3.05) is 24.0 Å². The van der Waals surface area contributed by atoms with Crippen molar-refractivity contribution in [2.24, 2.45) is 11.5 Å². The van der Waals surface area contributed by atoms with E-state index in [1.165, 1.54) is 57.8 Å². The first kappa shape index (κ1) is 48.6. The maximum absolute atomic E-state index is 11.9. The van der Waals surface area contributed by atoms with Gasteiger partial charge < -0.3 is 32.1 Å². The molecular weight excluding hydrogens is 663 g/mol. The zero-order valence-electron chi connectivity index (χ0n) is 30.2. The number of benzene rings is 1. The molecule has 49 heavy (non-hydrogen) atoms. The van der Waals surface area contributed by atoms with Crippen LogP contribution in [0.1, 0.15) is 115 Å². The number of aliphatic carboxylic acids is 3. The van der Waals surface area contributed by atoms with E-state index in [0.717, 1.165) is 42.8 Å². The van der Waals surface area contributed by atoms with Gasteiger partial charge in [0, 0.05) is 6.42 Å². The molecule has 1 aromatic rings. The van der Waals surface area contributed by atoms with Crippen molar-refractivity contribution in [3.05, 3.63) is 48.0 Å². The molecule has 0 aliphatic heterocycles. The summed E-state index contributed by atoms with van der Waals surface area (Å²) in [6.45, 7) is 2.25. The number of thioether (sulfide) groups is 2. The minimum atomic E-state index is -0.959. The van der Waals surface area contributed by atoms with Crippen LogP contribution >= 0.6 is 23.5 Å². The van der Waals surface area contributed by atoms with Gasteiger partial charge in [-0.05, 0) is 80.9 Å². The standard InChI is InChI=1S/C23H43NO3S.C9H11NO2.C5H11NO2S/c1-3-4-5-6-7-8-9-10-11-12-13-14-15-16-17-18-22(25)24-21(23(26)27)19-20-28-2;10-8(9(11)12)6-7-4-2-1-3-5-7;1-9-3-2-4(6)5(7)8/h10-11,21H,3-9,12-20H2,1-2H3,(H,24,25)(H,26,27);1-5,8H,6,10H2,(H,11,12);4H,2-3,6H2,1H3,(H,7,8)/b11-10+;;. The van der Waals surface area contributed by atoms with Crippen molar-refractivity contribution >= 4 is 47.3 Å². The second-order valence-corrected chi connectivity index (χ2v) is 13.9. The highest BCUT2D eigenvalue weighted by Gasteiger charge is 2.18. The quantitative estimate of drug-likeness (QED) is 0.0399. The molecule has 0 heterocycles. The fourth-order valence-electron chi connectivity index (χ4n) is 4.44. The van der Waals surface area contributed by atoms with Gasteiger partial charge in [0.1, 0.15) is 18.1 Å². The molecule has 8 N–H and O–H groups in total. The predicted octanol–water partition coefficient (Wildman–Crippen LogP) is 7.14. The minimum absolute atomic E-state index is 0.133. The lowest BCUT2D eigenvalue weighted by atomic mass is 10.1. The molecule has 1 amide bonds. The van der Waals surface area contributed by atoms with Gasteiger partial charge in [0.15, 0.2) is 0 Å². The molecule has 1 rings (SSSR count). The van der Waals surface area contributed by atoms with Gasteiger partial charge >= 0.3 is 17.9 Å². The Morgan fingerprint density at radius 3 is 1.67 bits per heavy atom. The molecule has 0 aliphatic carbocycles. The Labute approximate surface area is 304 Å². The summed E-state index contributed by atoms with van der Waals surface area (Å²) in [4.78, 5) is 43.4. The van der Waals surface area contributed by atoms with Crippen molar-refractivity contribution < 1.29 is 34.5 Å². The lowest BCUT2D eigenvalue weighted by molar-refractivity contribution is -0.142. The van der Waals surface area contributed by atoms with Gasteiger partial charge in [-0.15, -0.1) is 0 Å². The van der Waals surface area contributed by atoms with Gasteiger partial charge in [-0.2, -0.15) is 23.5 Å². The molecule has 0 bridgehead atoms. The minimum Gasteiger partial charge on any atom is -0.480 e. The van der Waals surface area contributed by atoms with E-state index in [0.29, 0.717) is 25.7 Å². The molecule has 0 saturated heterocycles. The van der Waals surface area contributed by atoms with E-state index >= 15 is 0 Å². The van der Waals surface area contributed by atoms with E-state index in [-0.39, 0.29) is 5.91 Å². The Kier molecular flexibility index (Phi) is 35.0. The van der Waals surface area contributed by atoms with Gasteiger partial charge in [-0.25, -0.2) is 4.79 Å². The predicted molar refractivity (Wildman–Crippen MR) is 206 cm³/mol. The average Bonchev–Trinajstić information content (AvgIpc) is 3.08. The normalized spacial score (nSPS) is 12.5. The maximum Gasteiger partial charge on any atom is 0.326 e. The van der Waals surface area contributed by atoms with Gasteiger partial charge in [0.05, 0.1) is 0 Å². The van der Waals surface area contributed by atoms with E-state index in [1.807, 2.05) is 42.8 Å². The first-order valence-electron chi connectivity index (χ1n) is 17.7. The number of nitrogens with one attached hydrogen (secondary N) is 1. The summed E-state index contributed by atoms with van der Waals surface area (Å²) in [7, 11) is 0. The van der Waals surface area contributed by atoms with Crippen molar-refractivity contribution in [1.29, 1.82) is 0 Å². The number of carboxylic acid groups (broad SMARTS) is 3. The monoisotopic (exact) mass is 727 g/mol. The number of carboxylic acids is 3. The van der Waals surface area contributed by atoms with Crippen LogP contribution in [0.5, 0.6) is 0 Å². The highest BCUT2D eigenvalue weighted by molar-refractivity contribution is 7.98. The zero-order chi connectivity index (χ0) is 37.1. The largest absolute Gasteiger partial charge is 0.480 e. The number of rotatable bonds is 27. The van der Waals surface area contributed by atoms with Gasteiger partial charge in [-0.3, -0.25) is 14.4 Å². The van der Waals surface area contributed by atoms with Gasteiger partial charge in [0.2, 0.25) is 5.91 Å². The summed E-state index contributed by atoms with van der Waals surface area (Å²) in [6, 6.07) is 7.11. The van der Waals surface area contributed by atoms with Crippen LogP contribution in [0.2, 0.25) is 0 Å². The topological polar surface area (TPSA) is 193 Å². The molecule has 0 spiro atoms. The van der Waals surface area contributed by atoms with E-state index in [9.17, 15) is 19.2 Å². The summed E-state index contributed by atoms with van der Waals surface area (Å²) in [5.41, 5.74) is 11.5. The van der Waals surface area contributed by atoms with Gasteiger partial charge in [0.25, 0.3) is 0 Å². The van der Waals surface area contributed by atoms with E-state index in [2.05, 4.69) is 24.4 Å². The SMILES string of the molecule is CCCCCCCC/C=C/CCCCCCCC(=O)NC(CCSC)C(=O)O.CSCCC(N)C(=O)O.NC(Cc1ccccc1)C(=O)O. The number of allylic oxidation sites excluding steroid dienone is 2. The lowest BCUT2D eigenvalue weighted by Gasteiger charge is -2.13. The van der Waals surface area contributed by atoms with Crippen molar-refractivity contribution in [3.8, 4) is 0 Å². The Morgan fingerprint density at radius 1 is 0.694 bits per heavy atom. The van der Waals surface area contributed by atoms with Gasteiger partial charge in [-0.1, -0.05) is 101 Å². The number of nitrogens with two attached hydrogens (primary N) is 2. The van der Waals surface area contributed by atoms with Crippen LogP contribution in [0.3, 0.4) is 0 Å². The number of carbonyl (C=O) groups excluding carboxylic acids is 1. The zero-order valence-corrected chi connectivity index (χ0v) is 31.8. The molecule has 0 fully saturated rings. The first-order valence-corrected chi connectivity index (χ1v) is 20.4. The number of amides is 1. The van der Waals surface area contributed by atoms with Crippen LogP contribution in [0.4, 0.5) is 0 Å². The number of unbranched alkanes of at least 4 members (excludes halogenated alkanes) is 11. The molecule has 10 nitrogen and oxygen atoms in total. The molecule has 0 radical (unpaired) electrons. The Bertz CT molecular complexity index is 999. The third-order valence-corrected chi connectivity index (χ3v) is 8.76. The smallest absolute Gasteiger partial charge is 0.326 e. The summed E-state index contributed by atoms with van der Waals surface area (Å²) >= 11 is 3.20. The second-order valence-electron chi connectivity index (χ2n) is 11.9. The van der Waals surface area contributed by atoms with Crippen LogP contribution in [0, 0.1) is 0 Å². The third-order valence-electron chi connectivity index (χ3n) is 7.48. The molecule has 0 saturated carbocycles. The van der Waals surface area contributed by atoms with Crippen LogP contribution < -0.4 is 16.8 Å². The van der Waals surface area contributed by atoms with Crippen LogP contribution in [-0.4, -0.2) is 81.3 Å².